The highest BCUT2D eigenvalue weighted by molar-refractivity contribution is 5.86. The van der Waals surface area contributed by atoms with E-state index >= 15 is 0 Å². The summed E-state index contributed by atoms with van der Waals surface area (Å²) in [6.45, 7) is 5.85. The first-order valence-electron chi connectivity index (χ1n) is 6.90. The molecule has 1 N–H and O–H groups in total. The van der Waals surface area contributed by atoms with Gasteiger partial charge in [0, 0.05) is 32.0 Å². The number of piperidine rings is 1. The van der Waals surface area contributed by atoms with Crippen molar-refractivity contribution in [2.24, 2.45) is 11.1 Å². The third kappa shape index (κ3) is 4.24. The minimum Gasteiger partial charge on any atom is -0.494 e. The van der Waals surface area contributed by atoms with E-state index in [0.717, 1.165) is 50.5 Å². The topological polar surface area (TPSA) is 45.1 Å². The predicted octanol–water partition coefficient (Wildman–Crippen LogP) is 2.63. The van der Waals surface area contributed by atoms with E-state index < -0.39 is 0 Å². The number of likely N-dealkylation sites (tertiary alicyclic amines) is 1. The Kier molecular flexibility index (Phi) is 5.21. The molecule has 0 saturated carbocycles. The van der Waals surface area contributed by atoms with Gasteiger partial charge in [0.25, 0.3) is 0 Å². The van der Waals surface area contributed by atoms with Gasteiger partial charge in [-0.05, 0) is 18.6 Å². The summed E-state index contributed by atoms with van der Waals surface area (Å²) >= 11 is 0. The summed E-state index contributed by atoms with van der Waals surface area (Å²) in [6, 6.07) is 9.91. The fourth-order valence-corrected chi connectivity index (χ4v) is 2.45. The molecule has 0 radical (unpaired) electrons. The van der Waals surface area contributed by atoms with E-state index in [9.17, 15) is 0 Å². The normalized spacial score (nSPS) is 22.6. The number of oxime groups is 1. The van der Waals surface area contributed by atoms with Gasteiger partial charge < -0.3 is 14.8 Å². The van der Waals surface area contributed by atoms with Crippen molar-refractivity contribution in [2.45, 2.75) is 19.8 Å². The first-order chi connectivity index (χ1) is 9.29. The molecule has 1 aromatic rings. The first kappa shape index (κ1) is 13.9. The van der Waals surface area contributed by atoms with Gasteiger partial charge in [-0.15, -0.1) is 0 Å². The second-order valence-electron chi connectivity index (χ2n) is 5.06. The molecule has 1 heterocycles. The van der Waals surface area contributed by atoms with Crippen LogP contribution in [0.1, 0.15) is 19.8 Å². The molecule has 0 aliphatic carbocycles. The summed E-state index contributed by atoms with van der Waals surface area (Å²) in [6.07, 6.45) is 1.89. The van der Waals surface area contributed by atoms with Gasteiger partial charge in [-0.1, -0.05) is 30.3 Å². The highest BCUT2D eigenvalue weighted by Gasteiger charge is 2.21. The van der Waals surface area contributed by atoms with E-state index in [2.05, 4.69) is 17.0 Å². The van der Waals surface area contributed by atoms with Crippen LogP contribution in [-0.4, -0.2) is 42.1 Å². The van der Waals surface area contributed by atoms with Crippen LogP contribution in [0.15, 0.2) is 35.5 Å². The van der Waals surface area contributed by atoms with Gasteiger partial charge >= 0.3 is 0 Å². The number of nitrogens with zero attached hydrogens (tertiary/aromatic N) is 2. The van der Waals surface area contributed by atoms with E-state index in [4.69, 9.17) is 9.94 Å². The third-order valence-electron chi connectivity index (χ3n) is 3.54. The van der Waals surface area contributed by atoms with Crippen molar-refractivity contribution in [3.63, 3.8) is 0 Å². The molecule has 19 heavy (non-hydrogen) atoms. The van der Waals surface area contributed by atoms with Gasteiger partial charge in [0.1, 0.15) is 5.75 Å². The predicted molar refractivity (Wildman–Crippen MR) is 76.0 cm³/mol. The number of rotatable bonds is 5. The van der Waals surface area contributed by atoms with E-state index in [0.29, 0.717) is 5.92 Å². The lowest BCUT2D eigenvalue weighted by atomic mass is 9.97. The maximum atomic E-state index is 8.84. The van der Waals surface area contributed by atoms with Crippen molar-refractivity contribution in [1.29, 1.82) is 0 Å². The molecule has 1 aliphatic rings. The molecular formula is C15H22N2O2. The zero-order valence-corrected chi connectivity index (χ0v) is 11.5. The van der Waals surface area contributed by atoms with Crippen LogP contribution in [0, 0.1) is 5.92 Å². The fraction of sp³-hybridized carbons (Fsp3) is 0.533. The molecule has 104 valence electrons. The molecule has 0 amide bonds. The Morgan fingerprint density at radius 3 is 2.84 bits per heavy atom. The molecule has 1 atom stereocenters. The van der Waals surface area contributed by atoms with Crippen LogP contribution >= 0.6 is 0 Å². The smallest absolute Gasteiger partial charge is 0.119 e. The fourth-order valence-electron chi connectivity index (χ4n) is 2.45. The summed E-state index contributed by atoms with van der Waals surface area (Å²) < 4.78 is 5.68. The van der Waals surface area contributed by atoms with Crippen LogP contribution < -0.4 is 4.74 Å². The highest BCUT2D eigenvalue weighted by atomic mass is 16.5. The number of para-hydroxylation sites is 1. The lowest BCUT2D eigenvalue weighted by molar-refractivity contribution is 0.211. The highest BCUT2D eigenvalue weighted by Crippen LogP contribution is 2.14. The first-order valence-corrected chi connectivity index (χ1v) is 6.90. The van der Waals surface area contributed by atoms with Crippen LogP contribution in [-0.2, 0) is 0 Å². The molecule has 0 spiro atoms. The third-order valence-corrected chi connectivity index (χ3v) is 3.54. The SMILES string of the molecule is CC1CN(CCCOc2ccccc2)CC/C1=N\O. The summed E-state index contributed by atoms with van der Waals surface area (Å²) in [5.74, 6) is 1.29. The minimum absolute atomic E-state index is 0.355. The average molecular weight is 262 g/mol. The molecule has 2 rings (SSSR count). The van der Waals surface area contributed by atoms with Crippen molar-refractivity contribution in [3.8, 4) is 5.75 Å². The van der Waals surface area contributed by atoms with Crippen molar-refractivity contribution in [3.05, 3.63) is 30.3 Å². The molecule has 1 saturated heterocycles. The molecule has 1 unspecified atom stereocenters. The van der Waals surface area contributed by atoms with Crippen molar-refractivity contribution < 1.29 is 9.94 Å². The largest absolute Gasteiger partial charge is 0.494 e. The summed E-state index contributed by atoms with van der Waals surface area (Å²) in [7, 11) is 0. The van der Waals surface area contributed by atoms with Gasteiger partial charge in [-0.25, -0.2) is 0 Å². The van der Waals surface area contributed by atoms with Gasteiger partial charge in [-0.3, -0.25) is 0 Å². The van der Waals surface area contributed by atoms with Gasteiger partial charge in [0.05, 0.1) is 12.3 Å². The van der Waals surface area contributed by atoms with Gasteiger partial charge in [0.15, 0.2) is 0 Å². The second kappa shape index (κ2) is 7.14. The number of hydrogen-bond acceptors (Lipinski definition) is 4. The standard InChI is InChI=1S/C15H22N2O2/c1-13-12-17(10-8-15(13)16-18)9-5-11-19-14-6-3-2-4-7-14/h2-4,6-7,13,18H,5,8-12H2,1H3/b16-15+. The molecular weight excluding hydrogens is 240 g/mol. The van der Waals surface area contributed by atoms with Gasteiger partial charge in [-0.2, -0.15) is 0 Å². The van der Waals surface area contributed by atoms with E-state index in [-0.39, 0.29) is 0 Å². The Labute approximate surface area is 114 Å². The summed E-state index contributed by atoms with van der Waals surface area (Å²) in [5.41, 5.74) is 0.928. The zero-order chi connectivity index (χ0) is 13.5. The van der Waals surface area contributed by atoms with Crippen molar-refractivity contribution >= 4 is 5.71 Å². The Morgan fingerprint density at radius 2 is 2.16 bits per heavy atom. The monoisotopic (exact) mass is 262 g/mol. The van der Waals surface area contributed by atoms with E-state index in [1.54, 1.807) is 0 Å². The lowest BCUT2D eigenvalue weighted by Crippen LogP contribution is -2.40. The Bertz CT molecular complexity index is 406. The minimum atomic E-state index is 0.355. The zero-order valence-electron chi connectivity index (χ0n) is 11.5. The Balaban J connectivity index is 1.64. The number of benzene rings is 1. The number of hydrogen-bond donors (Lipinski definition) is 1. The van der Waals surface area contributed by atoms with Crippen molar-refractivity contribution in [1.82, 2.24) is 4.90 Å². The Hall–Kier alpha value is -1.55. The Morgan fingerprint density at radius 1 is 1.37 bits per heavy atom. The molecule has 0 aromatic heterocycles. The average Bonchev–Trinajstić information content (AvgIpc) is 2.45. The summed E-state index contributed by atoms with van der Waals surface area (Å²) in [5, 5.41) is 12.2. The molecule has 1 aromatic carbocycles. The van der Waals surface area contributed by atoms with Gasteiger partial charge in [0.2, 0.25) is 0 Å². The van der Waals surface area contributed by atoms with Crippen LogP contribution in [0.3, 0.4) is 0 Å². The molecule has 4 heteroatoms. The van der Waals surface area contributed by atoms with Crippen molar-refractivity contribution in [2.75, 3.05) is 26.2 Å². The van der Waals surface area contributed by atoms with Crippen LogP contribution in [0.25, 0.3) is 0 Å². The van der Waals surface area contributed by atoms with Crippen LogP contribution in [0.5, 0.6) is 5.75 Å². The lowest BCUT2D eigenvalue weighted by Gasteiger charge is -2.31. The molecule has 0 bridgehead atoms. The molecule has 1 aliphatic heterocycles. The summed E-state index contributed by atoms with van der Waals surface area (Å²) in [4.78, 5) is 2.41. The molecule has 4 nitrogen and oxygen atoms in total. The second-order valence-corrected chi connectivity index (χ2v) is 5.06. The quantitative estimate of drug-likeness (QED) is 0.504. The maximum absolute atomic E-state index is 8.84. The maximum Gasteiger partial charge on any atom is 0.119 e. The number of ether oxygens (including phenoxy) is 1. The van der Waals surface area contributed by atoms with Crippen LogP contribution in [0.2, 0.25) is 0 Å². The van der Waals surface area contributed by atoms with E-state index in [1.165, 1.54) is 0 Å². The molecule has 1 fully saturated rings. The van der Waals surface area contributed by atoms with E-state index in [1.807, 2.05) is 30.3 Å². The van der Waals surface area contributed by atoms with Crippen LogP contribution in [0.4, 0.5) is 0 Å².